The summed E-state index contributed by atoms with van der Waals surface area (Å²) in [6, 6.07) is 6.63. The van der Waals surface area contributed by atoms with Crippen molar-refractivity contribution < 1.29 is 9.90 Å². The number of carbonyl (C=O) groups is 1. The molecule has 1 N–H and O–H groups in total. The molecule has 0 saturated carbocycles. The van der Waals surface area contributed by atoms with Crippen molar-refractivity contribution in [3.8, 4) is 12.3 Å². The minimum atomic E-state index is -0.922. The first-order chi connectivity index (χ1) is 5.74. The number of terminal acetylenes is 1. The Bertz CT molecular complexity index is 334. The molecule has 12 heavy (non-hydrogen) atoms. The van der Waals surface area contributed by atoms with Crippen molar-refractivity contribution in [1.82, 2.24) is 0 Å². The van der Waals surface area contributed by atoms with Crippen molar-refractivity contribution in [2.45, 2.75) is 6.42 Å². The van der Waals surface area contributed by atoms with Gasteiger partial charge in [0.05, 0.1) is 5.56 Å². The lowest BCUT2D eigenvalue weighted by molar-refractivity contribution is 0.0697. The van der Waals surface area contributed by atoms with Crippen LogP contribution in [-0.2, 0) is 6.42 Å². The predicted octanol–water partition coefficient (Wildman–Crippen LogP) is 1.56. The Morgan fingerprint density at radius 2 is 2.33 bits per heavy atom. The predicted molar refractivity (Wildman–Crippen MR) is 45.9 cm³/mol. The lowest BCUT2D eigenvalue weighted by atomic mass is 10.1. The SMILES string of the molecule is C#CCc1cccc(C(=O)O)c1. The van der Waals surface area contributed by atoms with Gasteiger partial charge in [-0.1, -0.05) is 12.1 Å². The van der Waals surface area contributed by atoms with Gasteiger partial charge in [-0.25, -0.2) is 4.79 Å². The van der Waals surface area contributed by atoms with E-state index in [4.69, 9.17) is 11.5 Å². The van der Waals surface area contributed by atoms with Gasteiger partial charge < -0.3 is 5.11 Å². The lowest BCUT2D eigenvalue weighted by Crippen LogP contribution is -1.96. The second-order valence-electron chi connectivity index (χ2n) is 2.39. The molecule has 0 aliphatic rings. The molecule has 0 amide bonds. The Balaban J connectivity index is 2.97. The van der Waals surface area contributed by atoms with Gasteiger partial charge in [-0.05, 0) is 17.7 Å². The Morgan fingerprint density at radius 3 is 2.92 bits per heavy atom. The molecule has 0 aromatic heterocycles. The fourth-order valence-corrected chi connectivity index (χ4v) is 0.932. The van der Waals surface area contributed by atoms with Gasteiger partial charge in [0, 0.05) is 6.42 Å². The maximum Gasteiger partial charge on any atom is 0.335 e. The molecule has 0 spiro atoms. The Kier molecular flexibility index (Phi) is 2.49. The zero-order valence-electron chi connectivity index (χ0n) is 6.45. The van der Waals surface area contributed by atoms with Gasteiger partial charge in [0.25, 0.3) is 0 Å². The van der Waals surface area contributed by atoms with Crippen LogP contribution in [0.25, 0.3) is 0 Å². The molecule has 0 radical (unpaired) electrons. The zero-order chi connectivity index (χ0) is 8.97. The second-order valence-corrected chi connectivity index (χ2v) is 2.39. The number of rotatable bonds is 2. The molecule has 0 aliphatic carbocycles. The van der Waals surface area contributed by atoms with Crippen LogP contribution in [0.1, 0.15) is 15.9 Å². The van der Waals surface area contributed by atoms with Crippen LogP contribution in [0.15, 0.2) is 24.3 Å². The van der Waals surface area contributed by atoms with E-state index in [0.717, 1.165) is 5.56 Å². The number of carboxylic acids is 1. The number of hydrogen-bond acceptors (Lipinski definition) is 1. The summed E-state index contributed by atoms with van der Waals surface area (Å²) < 4.78 is 0. The Labute approximate surface area is 70.8 Å². The highest BCUT2D eigenvalue weighted by atomic mass is 16.4. The number of hydrogen-bond donors (Lipinski definition) is 1. The maximum atomic E-state index is 10.5. The Morgan fingerprint density at radius 1 is 1.58 bits per heavy atom. The topological polar surface area (TPSA) is 37.3 Å². The van der Waals surface area contributed by atoms with Crippen LogP contribution >= 0.6 is 0 Å². The molecule has 0 unspecified atom stereocenters. The fraction of sp³-hybridized carbons (Fsp3) is 0.100. The van der Waals surface area contributed by atoms with E-state index in [1.807, 2.05) is 6.07 Å². The quantitative estimate of drug-likeness (QED) is 0.666. The van der Waals surface area contributed by atoms with Crippen LogP contribution < -0.4 is 0 Å². The average Bonchev–Trinajstić information content (AvgIpc) is 2.05. The smallest absolute Gasteiger partial charge is 0.335 e. The summed E-state index contributed by atoms with van der Waals surface area (Å²) in [5.41, 5.74) is 1.14. The molecular formula is C10H8O2. The molecule has 60 valence electrons. The van der Waals surface area contributed by atoms with E-state index < -0.39 is 5.97 Å². The fourth-order valence-electron chi connectivity index (χ4n) is 0.932. The van der Waals surface area contributed by atoms with Crippen LogP contribution in [0.5, 0.6) is 0 Å². The molecule has 0 heterocycles. The molecule has 0 bridgehead atoms. The van der Waals surface area contributed by atoms with Crippen LogP contribution in [0.3, 0.4) is 0 Å². The number of aromatic carboxylic acids is 1. The standard InChI is InChI=1S/C10H8O2/c1-2-4-8-5-3-6-9(7-8)10(11)12/h1,3,5-7H,4H2,(H,11,12). The first kappa shape index (κ1) is 8.35. The number of carboxylic acid groups (broad SMARTS) is 1. The van der Waals surface area contributed by atoms with E-state index in [-0.39, 0.29) is 5.56 Å². The van der Waals surface area contributed by atoms with Crippen molar-refractivity contribution in [1.29, 1.82) is 0 Å². The third kappa shape index (κ3) is 1.86. The van der Waals surface area contributed by atoms with Crippen LogP contribution in [0.2, 0.25) is 0 Å². The highest BCUT2D eigenvalue weighted by Gasteiger charge is 2.01. The van der Waals surface area contributed by atoms with Crippen LogP contribution in [0, 0.1) is 12.3 Å². The van der Waals surface area contributed by atoms with E-state index >= 15 is 0 Å². The van der Waals surface area contributed by atoms with Crippen LogP contribution in [-0.4, -0.2) is 11.1 Å². The van der Waals surface area contributed by atoms with Gasteiger partial charge in [0.2, 0.25) is 0 Å². The molecule has 1 rings (SSSR count). The third-order valence-corrected chi connectivity index (χ3v) is 1.48. The molecule has 2 heteroatoms. The molecule has 0 atom stereocenters. The molecule has 0 aliphatic heterocycles. The largest absolute Gasteiger partial charge is 0.478 e. The zero-order valence-corrected chi connectivity index (χ0v) is 6.45. The summed E-state index contributed by atoms with van der Waals surface area (Å²) in [5, 5.41) is 8.63. The lowest BCUT2D eigenvalue weighted by Gasteiger charge is -1.96. The normalized spacial score (nSPS) is 8.92. The minimum absolute atomic E-state index is 0.280. The summed E-state index contributed by atoms with van der Waals surface area (Å²) in [6.45, 7) is 0. The van der Waals surface area contributed by atoms with Gasteiger partial charge in [0.15, 0.2) is 0 Å². The molecule has 0 fully saturated rings. The van der Waals surface area contributed by atoms with Gasteiger partial charge in [0.1, 0.15) is 0 Å². The van der Waals surface area contributed by atoms with E-state index in [0.29, 0.717) is 6.42 Å². The van der Waals surface area contributed by atoms with Gasteiger partial charge in [-0.15, -0.1) is 12.3 Å². The van der Waals surface area contributed by atoms with E-state index in [2.05, 4.69) is 5.92 Å². The van der Waals surface area contributed by atoms with Gasteiger partial charge >= 0.3 is 5.97 Å². The van der Waals surface area contributed by atoms with Gasteiger partial charge in [-0.2, -0.15) is 0 Å². The summed E-state index contributed by atoms with van der Waals surface area (Å²) in [4.78, 5) is 10.5. The van der Waals surface area contributed by atoms with E-state index in [9.17, 15) is 4.79 Å². The maximum absolute atomic E-state index is 10.5. The third-order valence-electron chi connectivity index (χ3n) is 1.48. The average molecular weight is 160 g/mol. The van der Waals surface area contributed by atoms with E-state index in [1.54, 1.807) is 18.2 Å². The summed E-state index contributed by atoms with van der Waals surface area (Å²) in [5.74, 6) is 1.53. The summed E-state index contributed by atoms with van der Waals surface area (Å²) in [7, 11) is 0. The van der Waals surface area contributed by atoms with Crippen molar-refractivity contribution >= 4 is 5.97 Å². The van der Waals surface area contributed by atoms with Crippen molar-refractivity contribution in [3.05, 3.63) is 35.4 Å². The summed E-state index contributed by atoms with van der Waals surface area (Å²) >= 11 is 0. The molecule has 1 aromatic carbocycles. The highest BCUT2D eigenvalue weighted by Crippen LogP contribution is 2.05. The van der Waals surface area contributed by atoms with Crippen molar-refractivity contribution in [2.75, 3.05) is 0 Å². The summed E-state index contributed by atoms with van der Waals surface area (Å²) in [6.07, 6.45) is 5.56. The molecular weight excluding hydrogens is 152 g/mol. The first-order valence-electron chi connectivity index (χ1n) is 3.49. The van der Waals surface area contributed by atoms with E-state index in [1.165, 1.54) is 0 Å². The molecule has 0 saturated heterocycles. The molecule has 2 nitrogen and oxygen atoms in total. The highest BCUT2D eigenvalue weighted by molar-refractivity contribution is 5.87. The van der Waals surface area contributed by atoms with Crippen molar-refractivity contribution in [3.63, 3.8) is 0 Å². The monoisotopic (exact) mass is 160 g/mol. The van der Waals surface area contributed by atoms with Crippen LogP contribution in [0.4, 0.5) is 0 Å². The minimum Gasteiger partial charge on any atom is -0.478 e. The van der Waals surface area contributed by atoms with Gasteiger partial charge in [-0.3, -0.25) is 0 Å². The Hall–Kier alpha value is -1.75. The second kappa shape index (κ2) is 3.59. The number of benzene rings is 1. The van der Waals surface area contributed by atoms with Crippen molar-refractivity contribution in [2.24, 2.45) is 0 Å². The molecule has 1 aromatic rings. The first-order valence-corrected chi connectivity index (χ1v) is 3.49.